The molecule has 1 fully saturated rings. The zero-order valence-corrected chi connectivity index (χ0v) is 24.9. The summed E-state index contributed by atoms with van der Waals surface area (Å²) in [4.78, 5) is 29.5. The molecule has 0 spiro atoms. The van der Waals surface area contributed by atoms with E-state index in [1.807, 2.05) is 67.4 Å². The number of ether oxygens (including phenoxy) is 1. The Balaban J connectivity index is 0.00000169. The quantitative estimate of drug-likeness (QED) is 0.359. The maximum Gasteiger partial charge on any atom is 0.416 e. The number of carboxylic acid groups (broad SMARTS) is 1. The van der Waals surface area contributed by atoms with Gasteiger partial charge in [0.1, 0.15) is 6.07 Å². The second-order valence-corrected chi connectivity index (χ2v) is 10.6. The predicted molar refractivity (Wildman–Crippen MR) is 158 cm³/mol. The Labute approximate surface area is 254 Å². The van der Waals surface area contributed by atoms with Gasteiger partial charge in [0.25, 0.3) is 6.47 Å². The number of piperidine rings is 1. The number of amides is 1. The van der Waals surface area contributed by atoms with Crippen LogP contribution < -0.4 is 15.5 Å². The number of halogens is 3. The van der Waals surface area contributed by atoms with Gasteiger partial charge in [0, 0.05) is 56.8 Å². The average Bonchev–Trinajstić information content (AvgIpc) is 3.01. The van der Waals surface area contributed by atoms with Crippen LogP contribution in [0.25, 0.3) is 0 Å². The minimum atomic E-state index is -4.53. The van der Waals surface area contributed by atoms with E-state index in [1.54, 1.807) is 12.4 Å². The molecule has 1 atom stereocenters. The summed E-state index contributed by atoms with van der Waals surface area (Å²) in [7, 11) is 3.81. The fraction of sp³-hybridized carbons (Fsp3) is 0.419. The van der Waals surface area contributed by atoms with Crippen LogP contribution in [0.5, 0.6) is 0 Å². The van der Waals surface area contributed by atoms with Crippen LogP contribution in [0.2, 0.25) is 0 Å². The number of nitrogens with one attached hydrogen (secondary N) is 2. The molecule has 1 saturated heterocycles. The van der Waals surface area contributed by atoms with Crippen molar-refractivity contribution in [1.82, 2.24) is 20.5 Å². The Kier molecular flexibility index (Phi) is 11.5. The lowest BCUT2D eigenvalue weighted by molar-refractivity contribution is -0.137. The molecule has 1 amide bonds. The summed E-state index contributed by atoms with van der Waals surface area (Å²) < 4.78 is 45.8. The van der Waals surface area contributed by atoms with E-state index < -0.39 is 23.0 Å². The number of hydrogen-bond donors (Lipinski definition) is 3. The average molecular weight is 615 g/mol. The van der Waals surface area contributed by atoms with Crippen LogP contribution in [-0.2, 0) is 26.2 Å². The Hall–Kier alpha value is -4.41. The molecule has 44 heavy (non-hydrogen) atoms. The van der Waals surface area contributed by atoms with E-state index in [4.69, 9.17) is 14.6 Å². The van der Waals surface area contributed by atoms with Gasteiger partial charge in [-0.15, -0.1) is 0 Å². The lowest BCUT2D eigenvalue weighted by Crippen LogP contribution is -2.57. The van der Waals surface area contributed by atoms with Gasteiger partial charge in [-0.3, -0.25) is 14.6 Å². The van der Waals surface area contributed by atoms with Gasteiger partial charge in [0.15, 0.2) is 5.72 Å². The molecular formula is C31H37F3N6O4. The van der Waals surface area contributed by atoms with Crippen LogP contribution >= 0.6 is 0 Å². The number of pyridine rings is 1. The number of aromatic nitrogens is 1. The molecule has 3 N–H and O–H groups in total. The van der Waals surface area contributed by atoms with Gasteiger partial charge in [0.2, 0.25) is 5.91 Å². The second-order valence-electron chi connectivity index (χ2n) is 10.6. The van der Waals surface area contributed by atoms with E-state index >= 15 is 0 Å². The third-order valence-electron chi connectivity index (χ3n) is 7.52. The van der Waals surface area contributed by atoms with Gasteiger partial charge in [-0.1, -0.05) is 12.1 Å². The van der Waals surface area contributed by atoms with Crippen molar-refractivity contribution < 1.29 is 32.6 Å². The summed E-state index contributed by atoms with van der Waals surface area (Å²) in [5.74, 6) is -0.0948. The van der Waals surface area contributed by atoms with E-state index in [0.717, 1.165) is 23.3 Å². The van der Waals surface area contributed by atoms with E-state index in [0.29, 0.717) is 51.2 Å². The van der Waals surface area contributed by atoms with Gasteiger partial charge in [-0.2, -0.15) is 18.4 Å². The van der Waals surface area contributed by atoms with Crippen molar-refractivity contribution in [2.24, 2.45) is 0 Å². The SMILES string of the molecule is CCOC1(c2cccnc2)C=CC(C2(NC(=O)CCN(C)C)CCN(c3ccc(C(F)(F)F)cc3C#N)CC2)=CN1.O=CO. The molecule has 0 aliphatic carbocycles. The number of alkyl halides is 3. The van der Waals surface area contributed by atoms with Crippen molar-refractivity contribution in [2.45, 2.75) is 43.6 Å². The minimum Gasteiger partial charge on any atom is -0.483 e. The molecule has 2 aromatic rings. The standard InChI is InChI=1S/C30H35F3N6O2.CH2O2/c1-4-41-29(25-6-5-14-35-20-25)11-9-24(21-36-29)28(37-27(40)10-15-38(2)3)12-16-39(17-13-28)26-8-7-23(30(31,32)33)18-22(26)19-34;2-1-3/h5-9,11,14,18,20-21,36H,4,10,12-13,15-17H2,1-3H3,(H,37,40);1H,(H,2,3). The lowest BCUT2D eigenvalue weighted by atomic mass is 9.78. The van der Waals surface area contributed by atoms with Crippen molar-refractivity contribution in [3.05, 3.63) is 83.3 Å². The molecule has 13 heteroatoms. The maximum atomic E-state index is 13.2. The molecule has 4 rings (SSSR count). The fourth-order valence-electron chi connectivity index (χ4n) is 5.30. The molecule has 10 nitrogen and oxygen atoms in total. The molecule has 236 valence electrons. The van der Waals surface area contributed by atoms with Gasteiger partial charge in [-0.05, 0) is 69.8 Å². The summed E-state index contributed by atoms with van der Waals surface area (Å²) in [5.41, 5.74) is -0.376. The first-order chi connectivity index (χ1) is 20.9. The van der Waals surface area contributed by atoms with Gasteiger partial charge in [0.05, 0.1) is 22.4 Å². The summed E-state index contributed by atoms with van der Waals surface area (Å²) in [6.45, 7) is 3.56. The van der Waals surface area contributed by atoms with Crippen LogP contribution in [0.3, 0.4) is 0 Å². The zero-order valence-electron chi connectivity index (χ0n) is 24.9. The van der Waals surface area contributed by atoms with E-state index in [9.17, 15) is 23.2 Å². The summed E-state index contributed by atoms with van der Waals surface area (Å²) in [5, 5.41) is 23.2. The maximum absolute atomic E-state index is 13.2. The Morgan fingerprint density at radius 1 is 1.30 bits per heavy atom. The normalized spacial score (nSPS) is 19.1. The Bertz CT molecular complexity index is 1380. The number of dihydropyridines is 1. The summed E-state index contributed by atoms with van der Waals surface area (Å²) in [6.07, 6.45) is 5.93. The summed E-state index contributed by atoms with van der Waals surface area (Å²) >= 11 is 0. The van der Waals surface area contributed by atoms with Crippen LogP contribution in [0.1, 0.15) is 42.9 Å². The molecule has 1 unspecified atom stereocenters. The first-order valence-electron chi connectivity index (χ1n) is 14.1. The number of nitriles is 1. The number of carbonyl (C=O) groups excluding carboxylic acids is 1. The lowest BCUT2D eigenvalue weighted by Gasteiger charge is -2.46. The smallest absolute Gasteiger partial charge is 0.416 e. The van der Waals surface area contributed by atoms with Crippen LogP contribution in [0.15, 0.2) is 66.7 Å². The number of nitrogens with zero attached hydrogens (tertiary/aromatic N) is 4. The molecule has 0 bridgehead atoms. The van der Waals surface area contributed by atoms with Crippen LogP contribution in [-0.4, -0.2) is 73.2 Å². The van der Waals surface area contributed by atoms with Crippen molar-refractivity contribution in [2.75, 3.05) is 45.2 Å². The van der Waals surface area contributed by atoms with E-state index in [1.165, 1.54) is 6.07 Å². The largest absolute Gasteiger partial charge is 0.483 e. The van der Waals surface area contributed by atoms with E-state index in [-0.39, 0.29) is 17.9 Å². The zero-order chi connectivity index (χ0) is 32.4. The Morgan fingerprint density at radius 3 is 2.52 bits per heavy atom. The molecule has 0 radical (unpaired) electrons. The van der Waals surface area contributed by atoms with Crippen molar-refractivity contribution >= 4 is 18.1 Å². The van der Waals surface area contributed by atoms with Crippen LogP contribution in [0.4, 0.5) is 18.9 Å². The Morgan fingerprint density at radius 2 is 2.00 bits per heavy atom. The highest BCUT2D eigenvalue weighted by Gasteiger charge is 2.42. The summed E-state index contributed by atoms with van der Waals surface area (Å²) in [6, 6.07) is 8.93. The third-order valence-corrected chi connectivity index (χ3v) is 7.52. The first-order valence-corrected chi connectivity index (χ1v) is 14.1. The van der Waals surface area contributed by atoms with Crippen LogP contribution in [0, 0.1) is 11.3 Å². The number of anilines is 1. The molecule has 0 saturated carbocycles. The molecular weight excluding hydrogens is 577 g/mol. The molecule has 1 aromatic carbocycles. The molecule has 2 aliphatic rings. The number of rotatable bonds is 9. The van der Waals surface area contributed by atoms with Crippen molar-refractivity contribution in [3.8, 4) is 6.07 Å². The minimum absolute atomic E-state index is 0.0289. The number of benzene rings is 1. The van der Waals surface area contributed by atoms with Crippen molar-refractivity contribution in [1.29, 1.82) is 5.26 Å². The predicted octanol–water partition coefficient (Wildman–Crippen LogP) is 4.01. The van der Waals surface area contributed by atoms with Crippen molar-refractivity contribution in [3.63, 3.8) is 0 Å². The molecule has 2 aliphatic heterocycles. The van der Waals surface area contributed by atoms with Gasteiger partial charge >= 0.3 is 6.18 Å². The highest BCUT2D eigenvalue weighted by atomic mass is 19.4. The number of hydrogen-bond acceptors (Lipinski definition) is 8. The highest BCUT2D eigenvalue weighted by Crippen LogP contribution is 2.38. The molecule has 3 heterocycles. The molecule has 1 aromatic heterocycles. The first kappa shape index (κ1) is 34.1. The topological polar surface area (TPSA) is 131 Å². The third kappa shape index (κ3) is 8.15. The second kappa shape index (κ2) is 14.9. The van der Waals surface area contributed by atoms with Gasteiger partial charge < -0.3 is 30.3 Å². The fourth-order valence-corrected chi connectivity index (χ4v) is 5.30. The number of carbonyl (C=O) groups is 2. The highest BCUT2D eigenvalue weighted by molar-refractivity contribution is 5.78. The van der Waals surface area contributed by atoms with Gasteiger partial charge in [-0.25, -0.2) is 0 Å². The monoisotopic (exact) mass is 614 g/mol. The van der Waals surface area contributed by atoms with E-state index in [2.05, 4.69) is 15.6 Å².